The molecule has 0 aliphatic heterocycles. The first-order chi connectivity index (χ1) is 14.6. The summed E-state index contributed by atoms with van der Waals surface area (Å²) in [5, 5.41) is 15.8. The number of imidazole rings is 1. The van der Waals surface area contributed by atoms with Gasteiger partial charge in [-0.15, -0.1) is 0 Å². The standard InChI is InChI=1S/C20H38N2.C4H6O4/c1-2-3-4-5-6-7-8-9-10-11-12-13-14-15-16-17-20-21-18-19-22-20;5-3(6)1-2-4(7)8/h18-19H,2-17H2,1H3,(H,21,22);1-2H2,(H,5,6)(H,7,8). The molecule has 174 valence electrons. The van der Waals surface area contributed by atoms with Crippen LogP contribution in [0.25, 0.3) is 0 Å². The second kappa shape index (κ2) is 21.8. The SMILES string of the molecule is CCCCCCCCCCCCCCCCCc1ncc[nH]1.O=C(O)CCC(=O)O. The van der Waals surface area contributed by atoms with Gasteiger partial charge in [-0.2, -0.15) is 0 Å². The fraction of sp³-hybridized carbons (Fsp3) is 0.792. The van der Waals surface area contributed by atoms with Crippen LogP contribution in [0.1, 0.15) is 122 Å². The number of hydrogen-bond acceptors (Lipinski definition) is 3. The average molecular weight is 425 g/mol. The maximum absolute atomic E-state index is 9.64. The van der Waals surface area contributed by atoms with Gasteiger partial charge in [-0.3, -0.25) is 9.59 Å². The van der Waals surface area contributed by atoms with Crippen molar-refractivity contribution in [1.82, 2.24) is 9.97 Å². The number of nitrogens with one attached hydrogen (secondary N) is 1. The van der Waals surface area contributed by atoms with Crippen LogP contribution in [0.3, 0.4) is 0 Å². The van der Waals surface area contributed by atoms with E-state index in [1.54, 1.807) is 0 Å². The lowest BCUT2D eigenvalue weighted by Gasteiger charge is -2.03. The van der Waals surface area contributed by atoms with Crippen molar-refractivity contribution in [2.45, 2.75) is 122 Å². The van der Waals surface area contributed by atoms with Gasteiger partial charge in [-0.1, -0.05) is 96.8 Å². The van der Waals surface area contributed by atoms with Crippen LogP contribution in [0.4, 0.5) is 0 Å². The summed E-state index contributed by atoms with van der Waals surface area (Å²) in [6.07, 6.45) is 25.7. The number of aryl methyl sites for hydroxylation is 1. The Labute approximate surface area is 182 Å². The highest BCUT2D eigenvalue weighted by Gasteiger charge is 2.00. The maximum atomic E-state index is 9.64. The molecule has 1 aromatic heterocycles. The zero-order chi connectivity index (χ0) is 22.3. The van der Waals surface area contributed by atoms with Gasteiger partial charge in [0.05, 0.1) is 12.8 Å². The fourth-order valence-electron chi connectivity index (χ4n) is 3.31. The Morgan fingerprint density at radius 1 is 0.733 bits per heavy atom. The Hall–Kier alpha value is -1.85. The Bertz CT molecular complexity index is 489. The van der Waals surface area contributed by atoms with Gasteiger partial charge in [-0.05, 0) is 6.42 Å². The number of aliphatic carboxylic acids is 2. The van der Waals surface area contributed by atoms with Gasteiger partial charge in [-0.25, -0.2) is 4.98 Å². The summed E-state index contributed by atoms with van der Waals surface area (Å²) in [6, 6.07) is 0. The van der Waals surface area contributed by atoms with Crippen LogP contribution in [0.2, 0.25) is 0 Å². The molecule has 0 aromatic carbocycles. The van der Waals surface area contributed by atoms with Gasteiger partial charge < -0.3 is 15.2 Å². The molecule has 0 bridgehead atoms. The Kier molecular flexibility index (Phi) is 20.5. The maximum Gasteiger partial charge on any atom is 0.303 e. The molecule has 1 rings (SSSR count). The molecule has 1 heterocycles. The molecule has 0 unspecified atom stereocenters. The summed E-state index contributed by atoms with van der Waals surface area (Å²) < 4.78 is 0. The first-order valence-electron chi connectivity index (χ1n) is 12.0. The average Bonchev–Trinajstić information content (AvgIpc) is 3.23. The predicted octanol–water partition coefficient (Wildman–Crippen LogP) is 6.76. The molecule has 0 fully saturated rings. The lowest BCUT2D eigenvalue weighted by atomic mass is 10.0. The van der Waals surface area contributed by atoms with Crippen molar-refractivity contribution in [2.24, 2.45) is 0 Å². The van der Waals surface area contributed by atoms with Crippen molar-refractivity contribution in [3.63, 3.8) is 0 Å². The summed E-state index contributed by atoms with van der Waals surface area (Å²) in [5.74, 6) is -1.01. The van der Waals surface area contributed by atoms with Crippen LogP contribution < -0.4 is 0 Å². The number of aromatic amines is 1. The number of carboxylic acid groups (broad SMARTS) is 2. The van der Waals surface area contributed by atoms with E-state index in [1.165, 1.54) is 96.3 Å². The lowest BCUT2D eigenvalue weighted by molar-refractivity contribution is -0.143. The van der Waals surface area contributed by atoms with Crippen LogP contribution in [-0.2, 0) is 16.0 Å². The second-order valence-electron chi connectivity index (χ2n) is 8.02. The normalized spacial score (nSPS) is 10.4. The Morgan fingerprint density at radius 2 is 1.13 bits per heavy atom. The third kappa shape index (κ3) is 22.4. The van der Waals surface area contributed by atoms with Crippen molar-refractivity contribution in [1.29, 1.82) is 0 Å². The molecule has 0 radical (unpaired) electrons. The number of aromatic nitrogens is 2. The first kappa shape index (κ1) is 28.1. The molecule has 3 N–H and O–H groups in total. The van der Waals surface area contributed by atoms with Crippen LogP contribution in [0.5, 0.6) is 0 Å². The van der Waals surface area contributed by atoms with Gasteiger partial charge in [0.25, 0.3) is 0 Å². The molecular formula is C24H44N2O4. The summed E-state index contributed by atoms with van der Waals surface area (Å²) in [5.41, 5.74) is 0. The Morgan fingerprint density at radius 3 is 1.47 bits per heavy atom. The Balaban J connectivity index is 0.000000890. The summed E-state index contributed by atoms with van der Waals surface area (Å²) >= 11 is 0. The molecule has 1 aromatic rings. The molecule has 0 amide bonds. The van der Waals surface area contributed by atoms with E-state index >= 15 is 0 Å². The number of H-pyrrole nitrogens is 1. The van der Waals surface area contributed by atoms with Gasteiger partial charge in [0.2, 0.25) is 0 Å². The number of hydrogen-bond donors (Lipinski definition) is 3. The number of carbonyl (C=O) groups is 2. The minimum Gasteiger partial charge on any atom is -0.481 e. The number of rotatable bonds is 19. The van der Waals surface area contributed by atoms with Crippen molar-refractivity contribution in [3.05, 3.63) is 18.2 Å². The first-order valence-corrected chi connectivity index (χ1v) is 12.0. The van der Waals surface area contributed by atoms with E-state index in [2.05, 4.69) is 16.9 Å². The highest BCUT2D eigenvalue weighted by Crippen LogP contribution is 2.13. The predicted molar refractivity (Wildman–Crippen MR) is 122 cm³/mol. The van der Waals surface area contributed by atoms with E-state index in [0.29, 0.717) is 0 Å². The van der Waals surface area contributed by atoms with E-state index in [0.717, 1.165) is 12.2 Å². The molecule has 0 aliphatic carbocycles. The zero-order valence-corrected chi connectivity index (χ0v) is 19.0. The van der Waals surface area contributed by atoms with Gasteiger partial charge >= 0.3 is 11.9 Å². The molecule has 0 aliphatic rings. The van der Waals surface area contributed by atoms with E-state index in [-0.39, 0.29) is 12.8 Å². The van der Waals surface area contributed by atoms with Crippen LogP contribution in [-0.4, -0.2) is 32.1 Å². The monoisotopic (exact) mass is 424 g/mol. The molecule has 0 saturated carbocycles. The largest absolute Gasteiger partial charge is 0.481 e. The van der Waals surface area contributed by atoms with Crippen molar-refractivity contribution in [3.8, 4) is 0 Å². The molecule has 6 heteroatoms. The lowest BCUT2D eigenvalue weighted by Crippen LogP contribution is -2.00. The van der Waals surface area contributed by atoms with E-state index < -0.39 is 11.9 Å². The summed E-state index contributed by atoms with van der Waals surface area (Å²) in [6.45, 7) is 2.29. The number of unbranched alkanes of at least 4 members (excludes halogenated alkanes) is 14. The van der Waals surface area contributed by atoms with Crippen LogP contribution in [0, 0.1) is 0 Å². The molecule has 0 saturated heterocycles. The van der Waals surface area contributed by atoms with E-state index in [9.17, 15) is 9.59 Å². The third-order valence-corrected chi connectivity index (χ3v) is 5.12. The van der Waals surface area contributed by atoms with Crippen molar-refractivity contribution >= 4 is 11.9 Å². The van der Waals surface area contributed by atoms with Gasteiger partial charge in [0, 0.05) is 18.8 Å². The molecule has 30 heavy (non-hydrogen) atoms. The van der Waals surface area contributed by atoms with Crippen LogP contribution >= 0.6 is 0 Å². The minimum atomic E-state index is -1.08. The fourth-order valence-corrected chi connectivity index (χ4v) is 3.31. The third-order valence-electron chi connectivity index (χ3n) is 5.12. The highest BCUT2D eigenvalue weighted by molar-refractivity contribution is 5.75. The molecular weight excluding hydrogens is 380 g/mol. The smallest absolute Gasteiger partial charge is 0.303 e. The van der Waals surface area contributed by atoms with Crippen molar-refractivity contribution < 1.29 is 19.8 Å². The minimum absolute atomic E-state index is 0.296. The van der Waals surface area contributed by atoms with Crippen LogP contribution in [0.15, 0.2) is 12.4 Å². The summed E-state index contributed by atoms with van der Waals surface area (Å²) in [4.78, 5) is 26.7. The topological polar surface area (TPSA) is 103 Å². The van der Waals surface area contributed by atoms with Crippen molar-refractivity contribution in [2.75, 3.05) is 0 Å². The number of nitrogens with zero attached hydrogens (tertiary/aromatic N) is 1. The second-order valence-corrected chi connectivity index (χ2v) is 8.02. The molecule has 6 nitrogen and oxygen atoms in total. The van der Waals surface area contributed by atoms with E-state index in [4.69, 9.17) is 10.2 Å². The van der Waals surface area contributed by atoms with E-state index in [1.807, 2.05) is 12.4 Å². The van der Waals surface area contributed by atoms with Gasteiger partial charge in [0.15, 0.2) is 0 Å². The number of carboxylic acids is 2. The highest BCUT2D eigenvalue weighted by atomic mass is 16.4. The summed E-state index contributed by atoms with van der Waals surface area (Å²) in [7, 11) is 0. The molecule has 0 spiro atoms. The molecule has 0 atom stereocenters. The zero-order valence-electron chi connectivity index (χ0n) is 19.0. The van der Waals surface area contributed by atoms with Gasteiger partial charge in [0.1, 0.15) is 5.82 Å². The quantitative estimate of drug-likeness (QED) is 0.213.